The number of carbonyl (C=O) groups excluding carboxylic acids is 1. The van der Waals surface area contributed by atoms with Crippen molar-refractivity contribution in [3.05, 3.63) is 28.2 Å². The molecule has 4 nitrogen and oxygen atoms in total. The van der Waals surface area contributed by atoms with Gasteiger partial charge in [-0.15, -0.1) is 0 Å². The normalized spacial score (nSPS) is 14.6. The Labute approximate surface area is 140 Å². The highest BCUT2D eigenvalue weighted by Gasteiger charge is 2.35. The van der Waals surface area contributed by atoms with Crippen LogP contribution in [0, 0.1) is 0 Å². The Kier molecular flexibility index (Phi) is 5.37. The van der Waals surface area contributed by atoms with Crippen LogP contribution in [0.1, 0.15) is 46.1 Å². The molecule has 1 aromatic carbocycles. The molecule has 1 amide bonds. The zero-order valence-electron chi connectivity index (χ0n) is 13.7. The number of rotatable bonds is 5. The van der Waals surface area contributed by atoms with Gasteiger partial charge in [0.1, 0.15) is 11.4 Å². The summed E-state index contributed by atoms with van der Waals surface area (Å²) in [4.78, 5) is 14.3. The second kappa shape index (κ2) is 6.90. The van der Waals surface area contributed by atoms with Gasteiger partial charge in [-0.3, -0.25) is 0 Å². The third-order valence-corrected chi connectivity index (χ3v) is 3.77. The summed E-state index contributed by atoms with van der Waals surface area (Å²) < 4.78 is 12.2. The van der Waals surface area contributed by atoms with Gasteiger partial charge < -0.3 is 14.4 Å². The molecule has 0 aromatic heterocycles. The van der Waals surface area contributed by atoms with Crippen LogP contribution in [0.15, 0.2) is 22.7 Å². The lowest BCUT2D eigenvalue weighted by molar-refractivity contribution is 0.0215. The number of amides is 1. The van der Waals surface area contributed by atoms with Crippen molar-refractivity contribution in [1.29, 1.82) is 0 Å². The molecule has 0 heterocycles. The smallest absolute Gasteiger partial charge is 0.410 e. The Morgan fingerprint density at radius 1 is 1.36 bits per heavy atom. The van der Waals surface area contributed by atoms with E-state index in [0.29, 0.717) is 13.2 Å². The number of carbonyl (C=O) groups is 1. The van der Waals surface area contributed by atoms with Crippen molar-refractivity contribution >= 4 is 22.0 Å². The summed E-state index contributed by atoms with van der Waals surface area (Å²) >= 11 is 3.49. The van der Waals surface area contributed by atoms with Crippen LogP contribution in [0.25, 0.3) is 0 Å². The Morgan fingerprint density at radius 2 is 2.05 bits per heavy atom. The summed E-state index contributed by atoms with van der Waals surface area (Å²) in [5.74, 6) is 0.819. The van der Waals surface area contributed by atoms with Crippen LogP contribution >= 0.6 is 15.9 Å². The lowest BCUT2D eigenvalue weighted by atomic mass is 10.2. The predicted molar refractivity (Wildman–Crippen MR) is 90.1 cm³/mol. The number of halogens is 1. The van der Waals surface area contributed by atoms with E-state index in [0.717, 1.165) is 28.6 Å². The summed E-state index contributed by atoms with van der Waals surface area (Å²) in [6, 6.07) is 6.17. The largest absolute Gasteiger partial charge is 0.494 e. The molecule has 0 spiro atoms. The number of hydrogen-bond acceptors (Lipinski definition) is 3. The maximum absolute atomic E-state index is 12.4. The fourth-order valence-electron chi connectivity index (χ4n) is 2.20. The van der Waals surface area contributed by atoms with E-state index in [-0.39, 0.29) is 12.1 Å². The summed E-state index contributed by atoms with van der Waals surface area (Å²) in [6.45, 7) is 8.74. The Balaban J connectivity index is 2.17. The number of nitrogens with zero attached hydrogens (tertiary/aromatic N) is 1. The van der Waals surface area contributed by atoms with E-state index < -0.39 is 5.60 Å². The first-order chi connectivity index (χ1) is 10.3. The van der Waals surface area contributed by atoms with Crippen molar-refractivity contribution in [2.24, 2.45) is 0 Å². The molecule has 1 aromatic rings. The second-order valence-electron chi connectivity index (χ2n) is 6.52. The van der Waals surface area contributed by atoms with Gasteiger partial charge in [-0.2, -0.15) is 0 Å². The van der Waals surface area contributed by atoms with Gasteiger partial charge in [0.05, 0.1) is 13.2 Å². The fraction of sp³-hybridized carbons (Fsp3) is 0.588. The average molecular weight is 370 g/mol. The molecular weight excluding hydrogens is 346 g/mol. The number of benzene rings is 1. The highest BCUT2D eigenvalue weighted by molar-refractivity contribution is 9.10. The highest BCUT2D eigenvalue weighted by Crippen LogP contribution is 2.32. The van der Waals surface area contributed by atoms with Crippen molar-refractivity contribution in [1.82, 2.24) is 4.90 Å². The predicted octanol–water partition coefficient (Wildman–Crippen LogP) is 4.75. The standard InChI is InChI=1S/C17H24BrNO3/c1-5-21-15-9-6-13(18)10-12(15)11-19(14-7-8-14)16(20)22-17(2,3)4/h6,9-10,14H,5,7-8,11H2,1-4H3. The zero-order chi connectivity index (χ0) is 16.3. The van der Waals surface area contributed by atoms with Gasteiger partial charge in [0.15, 0.2) is 0 Å². The lowest BCUT2D eigenvalue weighted by Gasteiger charge is -2.28. The summed E-state index contributed by atoms with van der Waals surface area (Å²) in [5, 5.41) is 0. The SMILES string of the molecule is CCOc1ccc(Br)cc1CN(C(=O)OC(C)(C)C)C1CC1. The van der Waals surface area contributed by atoms with Gasteiger partial charge in [-0.25, -0.2) is 4.79 Å². The molecule has 1 saturated carbocycles. The van der Waals surface area contributed by atoms with Crippen molar-refractivity contribution in [3.8, 4) is 5.75 Å². The van der Waals surface area contributed by atoms with Crippen molar-refractivity contribution in [2.45, 2.75) is 58.7 Å². The number of ether oxygens (including phenoxy) is 2. The van der Waals surface area contributed by atoms with Crippen LogP contribution < -0.4 is 4.74 Å². The molecule has 0 radical (unpaired) electrons. The molecule has 0 N–H and O–H groups in total. The van der Waals surface area contributed by atoms with Gasteiger partial charge in [0.2, 0.25) is 0 Å². The Bertz CT molecular complexity index is 535. The van der Waals surface area contributed by atoms with Gasteiger partial charge in [0.25, 0.3) is 0 Å². The molecule has 0 atom stereocenters. The highest BCUT2D eigenvalue weighted by atomic mass is 79.9. The minimum atomic E-state index is -0.482. The van der Waals surface area contributed by atoms with Gasteiger partial charge >= 0.3 is 6.09 Å². The maximum atomic E-state index is 12.4. The third kappa shape index (κ3) is 4.90. The van der Waals surface area contributed by atoms with Gasteiger partial charge in [0, 0.05) is 16.1 Å². The van der Waals surface area contributed by atoms with Crippen LogP contribution in [0.5, 0.6) is 5.75 Å². The molecule has 22 heavy (non-hydrogen) atoms. The minimum absolute atomic E-state index is 0.252. The van der Waals surface area contributed by atoms with Crippen molar-refractivity contribution in [2.75, 3.05) is 6.61 Å². The second-order valence-corrected chi connectivity index (χ2v) is 7.44. The lowest BCUT2D eigenvalue weighted by Crippen LogP contribution is -2.37. The molecule has 0 unspecified atom stereocenters. The van der Waals surface area contributed by atoms with E-state index in [2.05, 4.69) is 15.9 Å². The summed E-state index contributed by atoms with van der Waals surface area (Å²) in [6.07, 6.45) is 1.83. The molecule has 1 aliphatic rings. The van der Waals surface area contributed by atoms with E-state index in [9.17, 15) is 4.79 Å². The van der Waals surface area contributed by atoms with Gasteiger partial charge in [-0.05, 0) is 58.7 Å². The van der Waals surface area contributed by atoms with Crippen molar-refractivity contribution < 1.29 is 14.3 Å². The summed E-state index contributed by atoms with van der Waals surface area (Å²) in [7, 11) is 0. The third-order valence-electron chi connectivity index (χ3n) is 3.28. The minimum Gasteiger partial charge on any atom is -0.494 e. The first-order valence-electron chi connectivity index (χ1n) is 7.71. The molecule has 2 rings (SSSR count). The molecule has 1 aliphatic carbocycles. The quantitative estimate of drug-likeness (QED) is 0.751. The fourth-order valence-corrected chi connectivity index (χ4v) is 2.61. The van der Waals surface area contributed by atoms with Crippen LogP contribution in [0.4, 0.5) is 4.79 Å². The molecule has 5 heteroatoms. The Hall–Kier alpha value is -1.23. The maximum Gasteiger partial charge on any atom is 0.410 e. The van der Waals surface area contributed by atoms with E-state index in [1.165, 1.54) is 0 Å². The molecule has 0 saturated heterocycles. The zero-order valence-corrected chi connectivity index (χ0v) is 15.3. The van der Waals surface area contributed by atoms with Gasteiger partial charge in [-0.1, -0.05) is 15.9 Å². The molecule has 0 aliphatic heterocycles. The van der Waals surface area contributed by atoms with Crippen LogP contribution in [0.2, 0.25) is 0 Å². The van der Waals surface area contributed by atoms with E-state index in [4.69, 9.17) is 9.47 Å². The van der Waals surface area contributed by atoms with E-state index in [1.54, 1.807) is 0 Å². The molecule has 0 bridgehead atoms. The topological polar surface area (TPSA) is 38.8 Å². The summed E-state index contributed by atoms with van der Waals surface area (Å²) in [5.41, 5.74) is 0.513. The average Bonchev–Trinajstić information content (AvgIpc) is 3.21. The molecule has 1 fully saturated rings. The molecular formula is C17H24BrNO3. The van der Waals surface area contributed by atoms with E-state index >= 15 is 0 Å². The van der Waals surface area contributed by atoms with Crippen LogP contribution in [-0.2, 0) is 11.3 Å². The van der Waals surface area contributed by atoms with Crippen LogP contribution in [0.3, 0.4) is 0 Å². The monoisotopic (exact) mass is 369 g/mol. The number of hydrogen-bond donors (Lipinski definition) is 0. The molecule has 122 valence electrons. The van der Waals surface area contributed by atoms with Crippen LogP contribution in [-0.4, -0.2) is 29.2 Å². The van der Waals surface area contributed by atoms with E-state index in [1.807, 2.05) is 50.8 Å². The Morgan fingerprint density at radius 3 is 2.59 bits per heavy atom. The first-order valence-corrected chi connectivity index (χ1v) is 8.50. The van der Waals surface area contributed by atoms with Crippen molar-refractivity contribution in [3.63, 3.8) is 0 Å². The first kappa shape index (κ1) is 17.1.